The Morgan fingerprint density at radius 3 is 2.83 bits per heavy atom. The number of rotatable bonds is 3. The normalized spacial score (nSPS) is 16.7. The highest BCUT2D eigenvalue weighted by Crippen LogP contribution is 2.33. The Morgan fingerprint density at radius 1 is 1.31 bits per heavy atom. The van der Waals surface area contributed by atoms with Crippen LogP contribution in [0.2, 0.25) is 5.02 Å². The maximum atomic E-state index is 13.3. The summed E-state index contributed by atoms with van der Waals surface area (Å²) in [5.74, 6) is 0. The van der Waals surface area contributed by atoms with E-state index >= 15 is 0 Å². The second kappa shape index (κ2) is 7.18. The first-order valence-electron chi connectivity index (χ1n) is 8.82. The second-order valence-electron chi connectivity index (χ2n) is 6.87. The third-order valence-corrected chi connectivity index (χ3v) is 5.35. The van der Waals surface area contributed by atoms with Crippen molar-refractivity contribution < 1.29 is 13.2 Å². The maximum absolute atomic E-state index is 13.3. The molecule has 1 aliphatic heterocycles. The molecule has 4 rings (SSSR count). The molecule has 2 aromatic heterocycles. The van der Waals surface area contributed by atoms with E-state index in [-0.39, 0.29) is 23.2 Å². The lowest BCUT2D eigenvalue weighted by Gasteiger charge is -2.34. The fourth-order valence-corrected chi connectivity index (χ4v) is 3.74. The van der Waals surface area contributed by atoms with Gasteiger partial charge in [-0.3, -0.25) is 4.79 Å². The average Bonchev–Trinajstić information content (AvgIpc) is 3.05. The van der Waals surface area contributed by atoms with Gasteiger partial charge in [-0.2, -0.15) is 18.3 Å². The van der Waals surface area contributed by atoms with E-state index in [0.29, 0.717) is 24.3 Å². The number of fused-ring (bicyclic) bond motifs is 1. The quantitative estimate of drug-likeness (QED) is 0.699. The molecule has 0 unspecified atom stereocenters. The highest BCUT2D eigenvalue weighted by Gasteiger charge is 2.34. The molecule has 29 heavy (non-hydrogen) atoms. The van der Waals surface area contributed by atoms with Crippen molar-refractivity contribution >= 4 is 17.3 Å². The predicted molar refractivity (Wildman–Crippen MR) is 99.8 cm³/mol. The van der Waals surface area contributed by atoms with Gasteiger partial charge in [0.1, 0.15) is 10.7 Å². The minimum Gasteiger partial charge on any atom is -0.360 e. The van der Waals surface area contributed by atoms with E-state index in [9.17, 15) is 18.0 Å². The van der Waals surface area contributed by atoms with Gasteiger partial charge in [0.05, 0.1) is 36.2 Å². The zero-order chi connectivity index (χ0) is 20.8. The lowest BCUT2D eigenvalue weighted by atomic mass is 10.0. The van der Waals surface area contributed by atoms with Crippen molar-refractivity contribution in [3.8, 4) is 0 Å². The second-order valence-corrected chi connectivity index (χ2v) is 7.25. The van der Waals surface area contributed by atoms with E-state index in [4.69, 9.17) is 11.6 Å². The zero-order valence-electron chi connectivity index (χ0n) is 15.2. The third kappa shape index (κ3) is 3.59. The summed E-state index contributed by atoms with van der Waals surface area (Å²) in [6.45, 7) is 2.22. The van der Waals surface area contributed by atoms with Crippen molar-refractivity contribution in [3.05, 3.63) is 68.4 Å². The fraction of sp³-hybridized carbons (Fsp3) is 0.333. The van der Waals surface area contributed by atoms with Crippen molar-refractivity contribution in [3.63, 3.8) is 0 Å². The number of aromatic amines is 1. The number of anilines is 1. The molecule has 0 spiro atoms. The van der Waals surface area contributed by atoms with E-state index in [0.717, 1.165) is 11.8 Å². The lowest BCUT2D eigenvalue weighted by molar-refractivity contribution is -0.138. The number of hydrogen-bond donors (Lipinski definition) is 1. The number of H-pyrrole nitrogens is 1. The van der Waals surface area contributed by atoms with E-state index in [1.54, 1.807) is 6.07 Å². The number of benzene rings is 1. The van der Waals surface area contributed by atoms with Gasteiger partial charge >= 0.3 is 6.18 Å². The summed E-state index contributed by atoms with van der Waals surface area (Å²) in [7, 11) is 0. The van der Waals surface area contributed by atoms with Crippen molar-refractivity contribution in [2.24, 2.45) is 0 Å². The van der Waals surface area contributed by atoms with E-state index < -0.39 is 17.3 Å². The van der Waals surface area contributed by atoms with Crippen LogP contribution < -0.4 is 10.5 Å². The largest absolute Gasteiger partial charge is 0.416 e. The van der Waals surface area contributed by atoms with Gasteiger partial charge in [0.15, 0.2) is 0 Å². The maximum Gasteiger partial charge on any atom is 0.416 e. The van der Waals surface area contributed by atoms with Crippen molar-refractivity contribution in [1.82, 2.24) is 25.2 Å². The predicted octanol–water partition coefficient (Wildman–Crippen LogP) is 3.03. The number of nitrogens with one attached hydrogen (secondary N) is 1. The van der Waals surface area contributed by atoms with Crippen LogP contribution in [-0.2, 0) is 25.7 Å². The number of nitrogens with zero attached hydrogens (tertiary/aromatic N) is 5. The molecule has 0 radical (unpaired) electrons. The van der Waals surface area contributed by atoms with Crippen LogP contribution in [0, 0.1) is 0 Å². The SMILES string of the molecule is C[C@@H]1Cc2c(nnn2Cc2ccccc2C(F)(F)F)CN1c1cn[nH]c(=O)c1Cl. The first kappa shape index (κ1) is 19.4. The molecular weight excluding hydrogens is 409 g/mol. The van der Waals surface area contributed by atoms with Gasteiger partial charge in [-0.15, -0.1) is 5.10 Å². The van der Waals surface area contributed by atoms with Crippen LogP contribution in [0.15, 0.2) is 35.3 Å². The van der Waals surface area contributed by atoms with Crippen LogP contribution in [0.5, 0.6) is 0 Å². The summed E-state index contributed by atoms with van der Waals surface area (Å²) in [5.41, 5.74) is 0.824. The number of aromatic nitrogens is 5. The monoisotopic (exact) mass is 424 g/mol. The van der Waals surface area contributed by atoms with Gasteiger partial charge in [0, 0.05) is 12.5 Å². The van der Waals surface area contributed by atoms with E-state index in [1.165, 1.54) is 23.0 Å². The molecule has 1 aliphatic rings. The lowest BCUT2D eigenvalue weighted by Crippen LogP contribution is -2.40. The number of alkyl halides is 3. The van der Waals surface area contributed by atoms with Gasteiger partial charge in [-0.25, -0.2) is 9.78 Å². The number of hydrogen-bond acceptors (Lipinski definition) is 5. The summed E-state index contributed by atoms with van der Waals surface area (Å²) in [4.78, 5) is 13.6. The van der Waals surface area contributed by atoms with Crippen LogP contribution in [0.3, 0.4) is 0 Å². The summed E-state index contributed by atoms with van der Waals surface area (Å²) >= 11 is 6.12. The fourth-order valence-electron chi connectivity index (χ4n) is 3.54. The highest BCUT2D eigenvalue weighted by atomic mass is 35.5. The molecule has 1 atom stereocenters. The van der Waals surface area contributed by atoms with Crippen LogP contribution in [-0.4, -0.2) is 31.2 Å². The van der Waals surface area contributed by atoms with Gasteiger partial charge in [-0.1, -0.05) is 35.0 Å². The molecule has 0 bridgehead atoms. The molecular formula is C18H16ClF3N6O. The van der Waals surface area contributed by atoms with Crippen LogP contribution in [0.4, 0.5) is 18.9 Å². The molecule has 0 saturated heterocycles. The highest BCUT2D eigenvalue weighted by molar-refractivity contribution is 6.33. The molecule has 1 N–H and O–H groups in total. The molecule has 7 nitrogen and oxygen atoms in total. The number of halogens is 4. The standard InChI is InChI=1S/C18H16ClF3N6O/c1-10-6-14-13(9-27(10)15-7-23-25-17(29)16(15)19)24-26-28(14)8-11-4-2-3-5-12(11)18(20,21)22/h2-5,7,10H,6,8-9H2,1H3,(H,25,29)/t10-/m1/s1. The molecule has 0 aliphatic carbocycles. The molecule has 0 amide bonds. The summed E-state index contributed by atoms with van der Waals surface area (Å²) in [6, 6.07) is 5.35. The van der Waals surface area contributed by atoms with Gasteiger partial charge < -0.3 is 4.90 Å². The average molecular weight is 425 g/mol. The Bertz CT molecular complexity index is 1110. The molecule has 3 aromatic rings. The van der Waals surface area contributed by atoms with Crippen LogP contribution >= 0.6 is 11.6 Å². The molecule has 0 fully saturated rings. The minimum absolute atomic E-state index is 0.0294. The molecule has 1 aromatic carbocycles. The Balaban J connectivity index is 1.65. The van der Waals surface area contributed by atoms with Gasteiger partial charge in [0.25, 0.3) is 5.56 Å². The zero-order valence-corrected chi connectivity index (χ0v) is 16.0. The minimum atomic E-state index is -4.44. The molecule has 3 heterocycles. The summed E-state index contributed by atoms with van der Waals surface area (Å²) < 4.78 is 41.4. The first-order chi connectivity index (χ1) is 13.8. The Labute approximate surface area is 168 Å². The Kier molecular flexibility index (Phi) is 4.81. The Hall–Kier alpha value is -2.88. The van der Waals surface area contributed by atoms with Crippen LogP contribution in [0.25, 0.3) is 0 Å². The van der Waals surface area contributed by atoms with Gasteiger partial charge in [-0.05, 0) is 18.6 Å². The third-order valence-electron chi connectivity index (χ3n) is 4.99. The summed E-state index contributed by atoms with van der Waals surface area (Å²) in [6.07, 6.45) is -2.49. The smallest absolute Gasteiger partial charge is 0.360 e. The van der Waals surface area contributed by atoms with Crippen molar-refractivity contribution in [2.75, 3.05) is 4.90 Å². The van der Waals surface area contributed by atoms with Crippen LogP contribution in [0.1, 0.15) is 29.4 Å². The van der Waals surface area contributed by atoms with Crippen molar-refractivity contribution in [1.29, 1.82) is 0 Å². The van der Waals surface area contributed by atoms with Gasteiger partial charge in [0.2, 0.25) is 0 Å². The Morgan fingerprint density at radius 2 is 2.07 bits per heavy atom. The molecule has 0 saturated carbocycles. The van der Waals surface area contributed by atoms with E-state index in [1.807, 2.05) is 11.8 Å². The molecule has 11 heteroatoms. The topological polar surface area (TPSA) is 79.7 Å². The van der Waals surface area contributed by atoms with Crippen molar-refractivity contribution in [2.45, 2.75) is 38.7 Å². The van der Waals surface area contributed by atoms with E-state index in [2.05, 4.69) is 20.5 Å². The first-order valence-corrected chi connectivity index (χ1v) is 9.19. The summed E-state index contributed by atoms with van der Waals surface area (Å²) in [5, 5.41) is 14.3. The molecule has 152 valence electrons.